The summed E-state index contributed by atoms with van der Waals surface area (Å²) in [6.07, 6.45) is 4.19. The second-order valence-corrected chi connectivity index (χ2v) is 9.68. The number of benzene rings is 2. The first-order chi connectivity index (χ1) is 14.6. The Morgan fingerprint density at radius 3 is 2.70 bits per heavy atom. The van der Waals surface area contributed by atoms with E-state index in [9.17, 15) is 9.18 Å². The van der Waals surface area contributed by atoms with Crippen molar-refractivity contribution in [1.29, 1.82) is 0 Å². The molecule has 2 aromatic heterocycles. The van der Waals surface area contributed by atoms with E-state index in [4.69, 9.17) is 16.6 Å². The van der Waals surface area contributed by atoms with Crippen LogP contribution in [0, 0.1) is 5.82 Å². The number of nitrogens with zero attached hydrogens (tertiary/aromatic N) is 2. The predicted octanol–water partition coefficient (Wildman–Crippen LogP) is 6.41. The van der Waals surface area contributed by atoms with E-state index in [2.05, 4.69) is 0 Å². The molecule has 30 heavy (non-hydrogen) atoms. The summed E-state index contributed by atoms with van der Waals surface area (Å²) >= 11 is 9.16. The van der Waals surface area contributed by atoms with E-state index < -0.39 is 0 Å². The predicted molar refractivity (Wildman–Crippen MR) is 123 cm³/mol. The lowest BCUT2D eigenvalue weighted by atomic mass is 9.97. The summed E-state index contributed by atoms with van der Waals surface area (Å²) in [4.78, 5) is 20.6. The standard InChI is InChI=1S/C23H18ClFN2OS2/c24-17-10-6-11-18(25)16(17)13-29-23-26-21-20(15-9-4-5-12-19(15)30-21)22(28)27(23)14-7-2-1-3-8-14/h1-3,6-8,10-11H,4-5,9,12-13H2. The summed E-state index contributed by atoms with van der Waals surface area (Å²) in [6, 6.07) is 14.2. The van der Waals surface area contributed by atoms with Gasteiger partial charge in [-0.1, -0.05) is 47.6 Å². The third-order valence-electron chi connectivity index (χ3n) is 5.38. The highest BCUT2D eigenvalue weighted by Gasteiger charge is 2.23. The molecule has 7 heteroatoms. The molecule has 0 spiro atoms. The number of rotatable bonds is 4. The average molecular weight is 457 g/mol. The van der Waals surface area contributed by atoms with E-state index in [1.165, 1.54) is 22.7 Å². The van der Waals surface area contributed by atoms with Crippen LogP contribution in [0.2, 0.25) is 5.02 Å². The summed E-state index contributed by atoms with van der Waals surface area (Å²) in [5.41, 5.74) is 2.29. The summed E-state index contributed by atoms with van der Waals surface area (Å²) in [7, 11) is 0. The Morgan fingerprint density at radius 1 is 1.10 bits per heavy atom. The van der Waals surface area contributed by atoms with E-state index in [0.717, 1.165) is 47.2 Å². The van der Waals surface area contributed by atoms with Crippen molar-refractivity contribution in [2.45, 2.75) is 36.6 Å². The first-order valence-electron chi connectivity index (χ1n) is 9.82. The molecule has 5 rings (SSSR count). The van der Waals surface area contributed by atoms with Crippen molar-refractivity contribution in [3.05, 3.63) is 85.7 Å². The lowest BCUT2D eigenvalue weighted by Crippen LogP contribution is -2.22. The zero-order chi connectivity index (χ0) is 20.7. The number of aryl methyl sites for hydroxylation is 2. The quantitative estimate of drug-likeness (QED) is 0.263. The monoisotopic (exact) mass is 456 g/mol. The van der Waals surface area contributed by atoms with Crippen molar-refractivity contribution < 1.29 is 4.39 Å². The van der Waals surface area contributed by atoms with Crippen molar-refractivity contribution in [2.75, 3.05) is 0 Å². The van der Waals surface area contributed by atoms with Gasteiger partial charge in [-0.25, -0.2) is 9.37 Å². The van der Waals surface area contributed by atoms with Crippen molar-refractivity contribution in [3.8, 4) is 5.69 Å². The van der Waals surface area contributed by atoms with E-state index in [-0.39, 0.29) is 11.4 Å². The Hall–Kier alpha value is -2.15. The highest BCUT2D eigenvalue weighted by atomic mass is 35.5. The van der Waals surface area contributed by atoms with Crippen LogP contribution in [0.15, 0.2) is 58.5 Å². The van der Waals surface area contributed by atoms with Gasteiger partial charge < -0.3 is 0 Å². The summed E-state index contributed by atoms with van der Waals surface area (Å²) < 4.78 is 15.9. The van der Waals surface area contributed by atoms with Crippen LogP contribution in [0.1, 0.15) is 28.8 Å². The molecule has 0 N–H and O–H groups in total. The summed E-state index contributed by atoms with van der Waals surface area (Å²) in [5, 5.41) is 1.67. The SMILES string of the molecule is O=c1c2c3c(sc2nc(SCc2c(F)cccc2Cl)n1-c1ccccc1)CCCC3. The van der Waals surface area contributed by atoms with Crippen LogP contribution >= 0.6 is 34.7 Å². The molecule has 152 valence electrons. The molecular formula is C23H18ClFN2OS2. The van der Waals surface area contributed by atoms with Gasteiger partial charge in [-0.05, 0) is 55.5 Å². The van der Waals surface area contributed by atoms with E-state index >= 15 is 0 Å². The fourth-order valence-corrected chi connectivity index (χ4v) is 6.55. The molecule has 0 saturated heterocycles. The first kappa shape index (κ1) is 19.8. The minimum Gasteiger partial charge on any atom is -0.268 e. The smallest absolute Gasteiger partial charge is 0.267 e. The maximum atomic E-state index is 14.3. The maximum Gasteiger partial charge on any atom is 0.267 e. The zero-order valence-corrected chi connectivity index (χ0v) is 18.4. The molecule has 0 amide bonds. The fraction of sp³-hybridized carbons (Fsp3) is 0.217. The molecule has 0 aliphatic heterocycles. The van der Waals surface area contributed by atoms with E-state index in [1.807, 2.05) is 30.3 Å². The zero-order valence-electron chi connectivity index (χ0n) is 16.0. The fourth-order valence-electron chi connectivity index (χ4n) is 3.89. The average Bonchev–Trinajstić information content (AvgIpc) is 3.13. The van der Waals surface area contributed by atoms with Gasteiger partial charge in [-0.15, -0.1) is 11.3 Å². The van der Waals surface area contributed by atoms with Crippen LogP contribution in [0.5, 0.6) is 0 Å². The van der Waals surface area contributed by atoms with Crippen LogP contribution in [-0.4, -0.2) is 9.55 Å². The van der Waals surface area contributed by atoms with Crippen LogP contribution in [-0.2, 0) is 18.6 Å². The van der Waals surface area contributed by atoms with Gasteiger partial charge >= 0.3 is 0 Å². The highest BCUT2D eigenvalue weighted by molar-refractivity contribution is 7.98. The van der Waals surface area contributed by atoms with Crippen molar-refractivity contribution in [3.63, 3.8) is 0 Å². The minimum atomic E-state index is -0.351. The number of fused-ring (bicyclic) bond motifs is 3. The van der Waals surface area contributed by atoms with E-state index in [0.29, 0.717) is 21.5 Å². The van der Waals surface area contributed by atoms with Gasteiger partial charge in [0.15, 0.2) is 5.16 Å². The molecule has 4 aromatic rings. The molecule has 0 saturated carbocycles. The Kier molecular flexibility index (Phi) is 5.39. The molecule has 0 unspecified atom stereocenters. The number of hydrogen-bond acceptors (Lipinski definition) is 4. The Bertz CT molecular complexity index is 1280. The number of aromatic nitrogens is 2. The second kappa shape index (κ2) is 8.17. The molecule has 0 radical (unpaired) electrons. The number of thiophene rings is 1. The normalized spacial score (nSPS) is 13.5. The van der Waals surface area contributed by atoms with Crippen molar-refractivity contribution >= 4 is 44.9 Å². The van der Waals surface area contributed by atoms with Gasteiger partial charge in [0.1, 0.15) is 10.6 Å². The summed E-state index contributed by atoms with van der Waals surface area (Å²) in [5.74, 6) is -0.0576. The molecule has 1 aliphatic rings. The van der Waals surface area contributed by atoms with Crippen LogP contribution in [0.25, 0.3) is 15.9 Å². The van der Waals surface area contributed by atoms with Crippen LogP contribution in [0.4, 0.5) is 4.39 Å². The molecule has 0 fully saturated rings. The highest BCUT2D eigenvalue weighted by Crippen LogP contribution is 2.36. The topological polar surface area (TPSA) is 34.9 Å². The van der Waals surface area contributed by atoms with Gasteiger partial charge in [0, 0.05) is 21.2 Å². The summed E-state index contributed by atoms with van der Waals surface area (Å²) in [6.45, 7) is 0. The molecule has 2 heterocycles. The van der Waals surface area contributed by atoms with Gasteiger partial charge in [0.25, 0.3) is 5.56 Å². The van der Waals surface area contributed by atoms with E-state index in [1.54, 1.807) is 28.0 Å². The van der Waals surface area contributed by atoms with Crippen molar-refractivity contribution in [2.24, 2.45) is 0 Å². The number of para-hydroxylation sites is 1. The van der Waals surface area contributed by atoms with Crippen LogP contribution in [0.3, 0.4) is 0 Å². The molecule has 2 aromatic carbocycles. The Labute approximate surface area is 186 Å². The van der Waals surface area contributed by atoms with Crippen LogP contribution < -0.4 is 5.56 Å². The maximum absolute atomic E-state index is 14.3. The van der Waals surface area contributed by atoms with Gasteiger partial charge in [0.2, 0.25) is 0 Å². The third kappa shape index (κ3) is 3.47. The van der Waals surface area contributed by atoms with Gasteiger partial charge in [-0.3, -0.25) is 9.36 Å². The lowest BCUT2D eigenvalue weighted by molar-refractivity contribution is 0.617. The van der Waals surface area contributed by atoms with Crippen molar-refractivity contribution in [1.82, 2.24) is 9.55 Å². The number of hydrogen-bond donors (Lipinski definition) is 0. The largest absolute Gasteiger partial charge is 0.268 e. The molecular weight excluding hydrogens is 439 g/mol. The van der Waals surface area contributed by atoms with Gasteiger partial charge in [-0.2, -0.15) is 0 Å². The van der Waals surface area contributed by atoms with Gasteiger partial charge in [0.05, 0.1) is 11.1 Å². The Balaban J connectivity index is 1.67. The number of halogens is 2. The molecule has 3 nitrogen and oxygen atoms in total. The third-order valence-corrected chi connectivity index (χ3v) is 7.88. The minimum absolute atomic E-state index is 0.0484. The Morgan fingerprint density at radius 2 is 1.90 bits per heavy atom. The molecule has 1 aliphatic carbocycles. The molecule has 0 atom stereocenters. The first-order valence-corrected chi connectivity index (χ1v) is 12.0. The lowest BCUT2D eigenvalue weighted by Gasteiger charge is -2.14. The molecule has 0 bridgehead atoms. The number of thioether (sulfide) groups is 1. The second-order valence-electron chi connectivity index (χ2n) is 7.25.